The fourth-order valence-corrected chi connectivity index (χ4v) is 3.08. The Bertz CT molecular complexity index is 533. The van der Waals surface area contributed by atoms with E-state index in [2.05, 4.69) is 0 Å². The molecule has 1 aliphatic rings. The summed E-state index contributed by atoms with van der Waals surface area (Å²) >= 11 is 0. The number of ether oxygens (including phenoxy) is 2. The molecule has 0 radical (unpaired) electrons. The van der Waals surface area contributed by atoms with Gasteiger partial charge < -0.3 is 14.6 Å². The van der Waals surface area contributed by atoms with Crippen LogP contribution in [0.1, 0.15) is 31.2 Å². The van der Waals surface area contributed by atoms with Gasteiger partial charge in [0.15, 0.2) is 0 Å². The first-order valence-corrected chi connectivity index (χ1v) is 7.81. The Balaban J connectivity index is 2.08. The third kappa shape index (κ3) is 3.82. The summed E-state index contributed by atoms with van der Waals surface area (Å²) in [5.41, 5.74) is -0.135. The maximum atomic E-state index is 12.5. The number of rotatable bonds is 6. The zero-order valence-corrected chi connectivity index (χ0v) is 13.4. The average molecular weight is 321 g/mol. The van der Waals surface area contributed by atoms with Crippen molar-refractivity contribution < 1.29 is 24.2 Å². The molecule has 1 amide bonds. The summed E-state index contributed by atoms with van der Waals surface area (Å²) < 4.78 is 10.3. The Labute approximate surface area is 136 Å². The molecule has 1 aromatic carbocycles. The maximum Gasteiger partial charge on any atom is 0.411 e. The summed E-state index contributed by atoms with van der Waals surface area (Å²) in [6, 6.07) is 9.38. The van der Waals surface area contributed by atoms with E-state index in [-0.39, 0.29) is 13.2 Å². The maximum absolute atomic E-state index is 12.5. The number of carbonyl (C=O) groups excluding carboxylic acids is 2. The summed E-state index contributed by atoms with van der Waals surface area (Å²) in [6.07, 6.45) is 1.52. The number of hydrogen-bond donors (Lipinski definition) is 1. The van der Waals surface area contributed by atoms with Gasteiger partial charge >= 0.3 is 12.1 Å². The van der Waals surface area contributed by atoms with E-state index < -0.39 is 17.6 Å². The van der Waals surface area contributed by atoms with E-state index in [0.29, 0.717) is 32.2 Å². The highest BCUT2D eigenvalue weighted by Crippen LogP contribution is 2.35. The van der Waals surface area contributed by atoms with Gasteiger partial charge in [0.1, 0.15) is 12.1 Å². The number of esters is 1. The van der Waals surface area contributed by atoms with Crippen molar-refractivity contribution in [1.29, 1.82) is 0 Å². The Kier molecular flexibility index (Phi) is 5.98. The fraction of sp³-hybridized carbons (Fsp3) is 0.529. The summed E-state index contributed by atoms with van der Waals surface area (Å²) in [7, 11) is 1.31. The number of nitrogens with zero attached hydrogens (tertiary/aromatic N) is 1. The van der Waals surface area contributed by atoms with E-state index in [1.807, 2.05) is 30.3 Å². The zero-order valence-electron chi connectivity index (χ0n) is 13.4. The smallest absolute Gasteiger partial charge is 0.411 e. The Hall–Kier alpha value is -2.08. The largest absolute Gasteiger partial charge is 0.467 e. The highest BCUT2D eigenvalue weighted by Gasteiger charge is 2.50. The van der Waals surface area contributed by atoms with E-state index in [1.165, 1.54) is 12.0 Å². The van der Waals surface area contributed by atoms with Crippen LogP contribution in [0.3, 0.4) is 0 Å². The molecule has 1 saturated heterocycles. The van der Waals surface area contributed by atoms with Gasteiger partial charge in [0.25, 0.3) is 0 Å². The molecule has 0 saturated carbocycles. The molecule has 1 aliphatic heterocycles. The fourth-order valence-electron chi connectivity index (χ4n) is 3.08. The minimum atomic E-state index is -1.02. The van der Waals surface area contributed by atoms with Crippen LogP contribution in [0.2, 0.25) is 0 Å². The predicted molar refractivity (Wildman–Crippen MR) is 83.6 cm³/mol. The van der Waals surface area contributed by atoms with Crippen LogP contribution in [0.4, 0.5) is 4.79 Å². The van der Waals surface area contributed by atoms with Crippen molar-refractivity contribution in [3.63, 3.8) is 0 Å². The van der Waals surface area contributed by atoms with Crippen molar-refractivity contribution in [2.75, 3.05) is 20.3 Å². The molecule has 1 heterocycles. The van der Waals surface area contributed by atoms with Gasteiger partial charge in [0, 0.05) is 13.2 Å². The van der Waals surface area contributed by atoms with Crippen molar-refractivity contribution in [1.82, 2.24) is 4.90 Å². The minimum Gasteiger partial charge on any atom is -0.467 e. The quantitative estimate of drug-likeness (QED) is 0.812. The normalized spacial score (nSPS) is 20.3. The second-order valence-corrected chi connectivity index (χ2v) is 5.65. The number of aliphatic hydroxyl groups is 1. The SMILES string of the molecule is COC(=O)[C@]1(CCCO)CCCN1C(=O)OCc1ccccc1. The first-order chi connectivity index (χ1) is 11.1. The van der Waals surface area contributed by atoms with Gasteiger partial charge in [-0.2, -0.15) is 0 Å². The summed E-state index contributed by atoms with van der Waals surface area (Å²) in [5.74, 6) is -0.444. The van der Waals surface area contributed by atoms with E-state index in [4.69, 9.17) is 14.6 Å². The first kappa shape index (κ1) is 17.3. The number of hydrogen-bond acceptors (Lipinski definition) is 5. The zero-order chi connectivity index (χ0) is 16.7. The van der Waals surface area contributed by atoms with Crippen molar-refractivity contribution in [2.45, 2.75) is 37.8 Å². The molecule has 1 fully saturated rings. The topological polar surface area (TPSA) is 76.1 Å². The molecule has 1 N–H and O–H groups in total. The number of carbonyl (C=O) groups is 2. The van der Waals surface area contributed by atoms with Crippen LogP contribution >= 0.6 is 0 Å². The number of likely N-dealkylation sites (tertiary alicyclic amines) is 1. The summed E-state index contributed by atoms with van der Waals surface area (Å²) in [4.78, 5) is 26.2. The molecule has 0 aliphatic carbocycles. The number of benzene rings is 1. The standard InChI is InChI=1S/C17H23NO5/c1-22-15(20)17(10-6-12-19)9-5-11-18(17)16(21)23-13-14-7-3-2-4-8-14/h2-4,7-8,19H,5-6,9-13H2,1H3/t17-/m1/s1. The number of methoxy groups -OCH3 is 1. The summed E-state index contributed by atoms with van der Waals surface area (Å²) in [5, 5.41) is 9.09. The number of aliphatic hydroxyl groups excluding tert-OH is 1. The molecular weight excluding hydrogens is 298 g/mol. The molecule has 6 heteroatoms. The van der Waals surface area contributed by atoms with Crippen LogP contribution in [-0.2, 0) is 20.9 Å². The predicted octanol–water partition coefficient (Wildman–Crippen LogP) is 2.10. The lowest BCUT2D eigenvalue weighted by Crippen LogP contribution is -2.53. The highest BCUT2D eigenvalue weighted by molar-refractivity contribution is 5.86. The molecule has 1 atom stereocenters. The van der Waals surface area contributed by atoms with E-state index in [0.717, 1.165) is 5.56 Å². The van der Waals surface area contributed by atoms with Gasteiger partial charge in [-0.05, 0) is 31.2 Å². The first-order valence-electron chi connectivity index (χ1n) is 7.81. The minimum absolute atomic E-state index is 0.0361. The molecule has 6 nitrogen and oxygen atoms in total. The average Bonchev–Trinajstić information content (AvgIpc) is 3.03. The highest BCUT2D eigenvalue weighted by atomic mass is 16.6. The Morgan fingerprint density at radius 1 is 1.30 bits per heavy atom. The second kappa shape index (κ2) is 7.97. The van der Waals surface area contributed by atoms with Gasteiger partial charge in [-0.25, -0.2) is 9.59 Å². The lowest BCUT2D eigenvalue weighted by Gasteiger charge is -2.35. The molecule has 1 aromatic rings. The van der Waals surface area contributed by atoms with Crippen LogP contribution in [0.25, 0.3) is 0 Å². The number of amides is 1. The van der Waals surface area contributed by atoms with Crippen molar-refractivity contribution in [3.05, 3.63) is 35.9 Å². The molecular formula is C17H23NO5. The van der Waals surface area contributed by atoms with Gasteiger partial charge in [-0.15, -0.1) is 0 Å². The van der Waals surface area contributed by atoms with Crippen LogP contribution < -0.4 is 0 Å². The molecule has 0 bridgehead atoms. The molecule has 0 unspecified atom stereocenters. The van der Waals surface area contributed by atoms with Gasteiger partial charge in [0.2, 0.25) is 0 Å². The third-order valence-electron chi connectivity index (χ3n) is 4.23. The van der Waals surface area contributed by atoms with Gasteiger partial charge in [-0.1, -0.05) is 30.3 Å². The third-order valence-corrected chi connectivity index (χ3v) is 4.23. The Morgan fingerprint density at radius 2 is 2.04 bits per heavy atom. The van der Waals surface area contributed by atoms with Crippen LogP contribution in [0.15, 0.2) is 30.3 Å². The van der Waals surface area contributed by atoms with Crippen LogP contribution in [0.5, 0.6) is 0 Å². The van der Waals surface area contributed by atoms with Crippen LogP contribution in [0, 0.1) is 0 Å². The van der Waals surface area contributed by atoms with E-state index >= 15 is 0 Å². The van der Waals surface area contributed by atoms with E-state index in [9.17, 15) is 9.59 Å². The van der Waals surface area contributed by atoms with Gasteiger partial charge in [0.05, 0.1) is 7.11 Å². The molecule has 23 heavy (non-hydrogen) atoms. The van der Waals surface area contributed by atoms with Crippen molar-refractivity contribution in [2.24, 2.45) is 0 Å². The van der Waals surface area contributed by atoms with Crippen molar-refractivity contribution in [3.8, 4) is 0 Å². The lowest BCUT2D eigenvalue weighted by atomic mass is 9.90. The summed E-state index contributed by atoms with van der Waals surface area (Å²) in [6.45, 7) is 0.577. The molecule has 0 spiro atoms. The lowest BCUT2D eigenvalue weighted by molar-refractivity contribution is -0.153. The molecule has 0 aromatic heterocycles. The van der Waals surface area contributed by atoms with Crippen molar-refractivity contribution >= 4 is 12.1 Å². The Morgan fingerprint density at radius 3 is 2.70 bits per heavy atom. The van der Waals surface area contributed by atoms with Crippen LogP contribution in [-0.4, -0.2) is 47.9 Å². The molecule has 2 rings (SSSR count). The van der Waals surface area contributed by atoms with Gasteiger partial charge in [-0.3, -0.25) is 4.90 Å². The monoisotopic (exact) mass is 321 g/mol. The second-order valence-electron chi connectivity index (χ2n) is 5.65. The van der Waals surface area contributed by atoms with E-state index in [1.54, 1.807) is 0 Å². The molecule has 126 valence electrons.